The van der Waals surface area contributed by atoms with Crippen LogP contribution in [0.1, 0.15) is 16.1 Å². The van der Waals surface area contributed by atoms with E-state index in [1.54, 1.807) is 0 Å². The van der Waals surface area contributed by atoms with Crippen molar-refractivity contribution in [2.45, 2.75) is 6.18 Å². The highest BCUT2D eigenvalue weighted by Crippen LogP contribution is 2.17. The van der Waals surface area contributed by atoms with Gasteiger partial charge in [0.1, 0.15) is 17.2 Å². The van der Waals surface area contributed by atoms with Crippen molar-refractivity contribution in [1.29, 1.82) is 0 Å². The van der Waals surface area contributed by atoms with E-state index < -0.39 is 31.8 Å². The van der Waals surface area contributed by atoms with Crippen molar-refractivity contribution in [3.05, 3.63) is 29.6 Å². The lowest BCUT2D eigenvalue weighted by atomic mass is 10.2. The monoisotopic (exact) mass is 307 g/mol. The molecule has 0 radical (unpaired) electrons. The topological polar surface area (TPSA) is 79.5 Å². The lowest BCUT2D eigenvalue weighted by Gasteiger charge is -2.22. The first kappa shape index (κ1) is 16.3. The van der Waals surface area contributed by atoms with Crippen LogP contribution in [0.2, 0.25) is 0 Å². The number of aliphatic hydroxyl groups excluding tert-OH is 1. The molecule has 0 atom stereocenters. The first-order valence-corrected chi connectivity index (χ1v) is 5.88. The number of hydrogen-bond donors (Lipinski definition) is 2. The molecule has 0 fully saturated rings. The van der Waals surface area contributed by atoms with Crippen LogP contribution in [0.25, 0.3) is 0 Å². The number of aliphatic hydroxyl groups is 1. The number of amides is 1. The first-order valence-electron chi connectivity index (χ1n) is 5.47. The number of halogens is 3. The van der Waals surface area contributed by atoms with Gasteiger partial charge < -0.3 is 15.7 Å². The van der Waals surface area contributed by atoms with E-state index in [0.717, 1.165) is 0 Å². The maximum Gasteiger partial charge on any atom is 0.406 e. The van der Waals surface area contributed by atoms with Gasteiger partial charge in [-0.3, -0.25) is 9.78 Å². The molecule has 0 aromatic carbocycles. The Balaban J connectivity index is 2.91. The zero-order valence-corrected chi connectivity index (χ0v) is 11.0. The van der Waals surface area contributed by atoms with E-state index in [2.05, 4.69) is 4.98 Å². The fourth-order valence-electron chi connectivity index (χ4n) is 1.42. The molecule has 0 saturated carbocycles. The summed E-state index contributed by atoms with van der Waals surface area (Å²) in [4.78, 5) is 16.2. The summed E-state index contributed by atoms with van der Waals surface area (Å²) in [5, 5.41) is 8.73. The predicted molar refractivity (Wildman–Crippen MR) is 69.2 cm³/mol. The van der Waals surface area contributed by atoms with Crippen molar-refractivity contribution in [3.8, 4) is 0 Å². The molecule has 3 N–H and O–H groups in total. The molecular weight excluding hydrogens is 295 g/mol. The Hall–Kier alpha value is -1.74. The van der Waals surface area contributed by atoms with Gasteiger partial charge in [-0.2, -0.15) is 13.2 Å². The van der Waals surface area contributed by atoms with Crippen LogP contribution in [0.3, 0.4) is 0 Å². The third kappa shape index (κ3) is 4.74. The maximum absolute atomic E-state index is 12.3. The van der Waals surface area contributed by atoms with Crippen molar-refractivity contribution < 1.29 is 23.1 Å². The number of pyridine rings is 1. The van der Waals surface area contributed by atoms with Crippen LogP contribution >= 0.6 is 12.2 Å². The van der Waals surface area contributed by atoms with Gasteiger partial charge >= 0.3 is 6.18 Å². The summed E-state index contributed by atoms with van der Waals surface area (Å²) >= 11 is 4.70. The molecule has 0 aliphatic carbocycles. The highest BCUT2D eigenvalue weighted by Gasteiger charge is 2.33. The molecule has 1 heterocycles. The van der Waals surface area contributed by atoms with E-state index >= 15 is 0 Å². The first-order chi connectivity index (χ1) is 9.24. The van der Waals surface area contributed by atoms with E-state index in [-0.39, 0.29) is 10.7 Å². The Morgan fingerprint density at radius 1 is 1.45 bits per heavy atom. The van der Waals surface area contributed by atoms with Crippen molar-refractivity contribution in [2.24, 2.45) is 5.73 Å². The Kier molecular flexibility index (Phi) is 5.40. The normalized spacial score (nSPS) is 11.2. The lowest BCUT2D eigenvalue weighted by Crippen LogP contribution is -2.41. The molecule has 0 bridgehead atoms. The van der Waals surface area contributed by atoms with Crippen molar-refractivity contribution in [3.63, 3.8) is 0 Å². The molecule has 0 aliphatic heterocycles. The molecule has 20 heavy (non-hydrogen) atoms. The molecular formula is C11H12F3N3O2S. The standard InChI is InChI=1S/C11H12F3N3O2S/c12-11(13,14)6-17(3-4-18)10(19)8-2-1-7(5-16-8)9(15)20/h1-2,5,18H,3-4,6H2,(H2,15,20). The maximum atomic E-state index is 12.3. The summed E-state index contributed by atoms with van der Waals surface area (Å²) in [6, 6.07) is 2.63. The molecule has 0 saturated heterocycles. The van der Waals surface area contributed by atoms with E-state index in [9.17, 15) is 18.0 Å². The number of carbonyl (C=O) groups is 1. The third-order valence-corrected chi connectivity index (χ3v) is 2.53. The van der Waals surface area contributed by atoms with Crippen molar-refractivity contribution in [2.75, 3.05) is 19.7 Å². The number of hydrogen-bond acceptors (Lipinski definition) is 4. The molecule has 0 unspecified atom stereocenters. The van der Waals surface area contributed by atoms with Crippen molar-refractivity contribution in [1.82, 2.24) is 9.88 Å². The van der Waals surface area contributed by atoms with Gasteiger partial charge in [0.2, 0.25) is 0 Å². The van der Waals surface area contributed by atoms with E-state index in [4.69, 9.17) is 23.1 Å². The van der Waals surface area contributed by atoms with Crippen LogP contribution in [0.4, 0.5) is 13.2 Å². The number of nitrogens with two attached hydrogens (primary N) is 1. The van der Waals surface area contributed by atoms with Gasteiger partial charge in [-0.1, -0.05) is 12.2 Å². The minimum Gasteiger partial charge on any atom is -0.395 e. The van der Waals surface area contributed by atoms with Gasteiger partial charge in [0.25, 0.3) is 5.91 Å². The Morgan fingerprint density at radius 3 is 2.50 bits per heavy atom. The van der Waals surface area contributed by atoms with Gasteiger partial charge in [-0.05, 0) is 12.1 Å². The minimum atomic E-state index is -4.55. The third-order valence-electron chi connectivity index (χ3n) is 2.29. The van der Waals surface area contributed by atoms with Gasteiger partial charge in [0.15, 0.2) is 0 Å². The average Bonchev–Trinajstić information content (AvgIpc) is 2.36. The fraction of sp³-hybridized carbons (Fsp3) is 0.364. The molecule has 1 amide bonds. The summed E-state index contributed by atoms with van der Waals surface area (Å²) in [6.45, 7) is -2.46. The van der Waals surface area contributed by atoms with Gasteiger partial charge in [0, 0.05) is 18.3 Å². The number of thiocarbonyl (C=S) groups is 1. The second-order valence-electron chi connectivity index (χ2n) is 3.86. The Bertz CT molecular complexity index is 491. The molecule has 1 aromatic rings. The SMILES string of the molecule is NC(=S)c1ccc(C(=O)N(CCO)CC(F)(F)F)nc1. The van der Waals surface area contributed by atoms with Crippen LogP contribution in [0, 0.1) is 0 Å². The summed E-state index contributed by atoms with van der Waals surface area (Å²) in [5.41, 5.74) is 5.57. The second kappa shape index (κ2) is 6.62. The number of nitrogens with zero attached hydrogens (tertiary/aromatic N) is 2. The molecule has 0 spiro atoms. The summed E-state index contributed by atoms with van der Waals surface area (Å²) < 4.78 is 37.0. The quantitative estimate of drug-likeness (QED) is 0.783. The minimum absolute atomic E-state index is 0.0685. The van der Waals surface area contributed by atoms with Crippen LogP contribution < -0.4 is 5.73 Å². The van der Waals surface area contributed by atoms with Crippen LogP contribution in [-0.2, 0) is 0 Å². The Labute approximate surface area is 118 Å². The fourth-order valence-corrected chi connectivity index (χ4v) is 1.54. The molecule has 110 valence electrons. The number of rotatable bonds is 5. The summed E-state index contributed by atoms with van der Waals surface area (Å²) in [5.74, 6) is -0.925. The zero-order valence-electron chi connectivity index (χ0n) is 10.2. The molecule has 5 nitrogen and oxygen atoms in total. The largest absolute Gasteiger partial charge is 0.406 e. The van der Waals surface area contributed by atoms with Crippen LogP contribution in [0.5, 0.6) is 0 Å². The smallest absolute Gasteiger partial charge is 0.395 e. The second-order valence-corrected chi connectivity index (χ2v) is 4.30. The van der Waals surface area contributed by atoms with E-state index in [1.807, 2.05) is 0 Å². The van der Waals surface area contributed by atoms with Crippen LogP contribution in [0.15, 0.2) is 18.3 Å². The number of carbonyl (C=O) groups excluding carboxylic acids is 1. The molecule has 1 rings (SSSR count). The number of aromatic nitrogens is 1. The summed E-state index contributed by atoms with van der Waals surface area (Å²) in [6.07, 6.45) is -3.34. The highest BCUT2D eigenvalue weighted by molar-refractivity contribution is 7.80. The Morgan fingerprint density at radius 2 is 2.10 bits per heavy atom. The van der Waals surface area contributed by atoms with Crippen LogP contribution in [-0.4, -0.2) is 51.8 Å². The van der Waals surface area contributed by atoms with Gasteiger partial charge in [-0.25, -0.2) is 0 Å². The van der Waals surface area contributed by atoms with Gasteiger partial charge in [0.05, 0.1) is 6.61 Å². The number of alkyl halides is 3. The summed E-state index contributed by atoms with van der Waals surface area (Å²) in [7, 11) is 0. The van der Waals surface area contributed by atoms with Crippen molar-refractivity contribution >= 4 is 23.1 Å². The lowest BCUT2D eigenvalue weighted by molar-refractivity contribution is -0.141. The highest BCUT2D eigenvalue weighted by atomic mass is 32.1. The van der Waals surface area contributed by atoms with Gasteiger partial charge in [-0.15, -0.1) is 0 Å². The van der Waals surface area contributed by atoms with E-state index in [0.29, 0.717) is 10.5 Å². The molecule has 0 aliphatic rings. The predicted octanol–water partition coefficient (Wildman–Crippen LogP) is 0.713. The van der Waals surface area contributed by atoms with E-state index in [1.165, 1.54) is 18.3 Å². The zero-order chi connectivity index (χ0) is 15.3. The molecule has 9 heteroatoms. The molecule has 1 aromatic heterocycles. The average molecular weight is 307 g/mol.